The highest BCUT2D eigenvalue weighted by atomic mass is 79.9. The maximum atomic E-state index is 11.3. The smallest absolute Gasteiger partial charge is 0.354 e. The maximum Gasteiger partial charge on any atom is 0.354 e. The van der Waals surface area contributed by atoms with Gasteiger partial charge in [0.1, 0.15) is 12.0 Å². The van der Waals surface area contributed by atoms with E-state index in [0.29, 0.717) is 11.3 Å². The Morgan fingerprint density at radius 2 is 2.20 bits per heavy atom. The van der Waals surface area contributed by atoms with Gasteiger partial charge in [-0.25, -0.2) is 14.8 Å². The number of aromatic carboxylic acids is 1. The number of nitrogens with zero attached hydrogens (tertiary/aromatic N) is 3. The highest BCUT2D eigenvalue weighted by Crippen LogP contribution is 2.27. The molecular weight excluding hydrogens is 322 g/mol. The van der Waals surface area contributed by atoms with E-state index < -0.39 is 5.97 Å². The third-order valence-corrected chi connectivity index (χ3v) is 3.54. The molecule has 3 rings (SSSR count). The highest BCUT2D eigenvalue weighted by Gasteiger charge is 2.18. The van der Waals surface area contributed by atoms with Crippen molar-refractivity contribution in [3.8, 4) is 11.1 Å². The van der Waals surface area contributed by atoms with Crippen LogP contribution < -0.4 is 0 Å². The van der Waals surface area contributed by atoms with Crippen LogP contribution in [0, 0.1) is 6.92 Å². The third-order valence-electron chi connectivity index (χ3n) is 3.05. The summed E-state index contributed by atoms with van der Waals surface area (Å²) in [5.74, 6) is -1.01. The van der Waals surface area contributed by atoms with Gasteiger partial charge in [-0.05, 0) is 24.6 Å². The summed E-state index contributed by atoms with van der Waals surface area (Å²) >= 11 is 3.42. The molecule has 2 aromatic heterocycles. The molecule has 0 fully saturated rings. The van der Waals surface area contributed by atoms with Gasteiger partial charge in [0.05, 0.1) is 5.69 Å². The van der Waals surface area contributed by atoms with Gasteiger partial charge in [0.2, 0.25) is 0 Å². The minimum absolute atomic E-state index is 0.143. The number of carboxylic acids is 1. The molecule has 0 saturated heterocycles. The molecule has 20 heavy (non-hydrogen) atoms. The summed E-state index contributed by atoms with van der Waals surface area (Å²) in [7, 11) is 0. The number of rotatable bonds is 2. The number of hydrogen-bond donors (Lipinski definition) is 1. The maximum absolute atomic E-state index is 11.3. The summed E-state index contributed by atoms with van der Waals surface area (Å²) < 4.78 is 2.45. The van der Waals surface area contributed by atoms with Crippen molar-refractivity contribution in [3.63, 3.8) is 0 Å². The minimum atomic E-state index is -1.01. The Bertz CT molecular complexity index is 826. The summed E-state index contributed by atoms with van der Waals surface area (Å²) in [6, 6.07) is 7.72. The van der Waals surface area contributed by atoms with Crippen LogP contribution in [0.25, 0.3) is 16.8 Å². The van der Waals surface area contributed by atoms with E-state index in [1.54, 1.807) is 13.1 Å². The first-order valence-electron chi connectivity index (χ1n) is 5.90. The Labute approximate surface area is 123 Å². The standard InChI is InChI=1S/C14H10BrN3O2/c1-8-12(14(19)20)18-7-16-6-11(13(18)17-8)9-3-2-4-10(15)5-9/h2-7H,1H3,(H,19,20). The largest absolute Gasteiger partial charge is 0.477 e. The first-order valence-corrected chi connectivity index (χ1v) is 6.69. The molecule has 2 heterocycles. The second-order valence-corrected chi connectivity index (χ2v) is 5.28. The molecule has 5 nitrogen and oxygen atoms in total. The number of halogens is 1. The van der Waals surface area contributed by atoms with Crippen LogP contribution in [0.2, 0.25) is 0 Å². The van der Waals surface area contributed by atoms with Crippen molar-refractivity contribution in [1.82, 2.24) is 14.4 Å². The molecule has 6 heteroatoms. The first-order chi connectivity index (χ1) is 9.58. The van der Waals surface area contributed by atoms with Gasteiger partial charge in [-0.15, -0.1) is 0 Å². The number of carbonyl (C=O) groups is 1. The van der Waals surface area contributed by atoms with Crippen molar-refractivity contribution in [2.24, 2.45) is 0 Å². The van der Waals surface area contributed by atoms with E-state index >= 15 is 0 Å². The molecule has 0 bridgehead atoms. The molecule has 0 aliphatic heterocycles. The lowest BCUT2D eigenvalue weighted by atomic mass is 10.1. The number of aryl methyl sites for hydroxylation is 1. The third kappa shape index (κ3) is 1.98. The summed E-state index contributed by atoms with van der Waals surface area (Å²) in [6.45, 7) is 1.68. The lowest BCUT2D eigenvalue weighted by Gasteiger charge is -2.04. The van der Waals surface area contributed by atoms with Crippen LogP contribution in [0.3, 0.4) is 0 Å². The quantitative estimate of drug-likeness (QED) is 0.783. The molecule has 1 N–H and O–H groups in total. The molecule has 0 radical (unpaired) electrons. The molecule has 0 amide bonds. The molecule has 0 saturated carbocycles. The normalized spacial score (nSPS) is 10.9. The second kappa shape index (κ2) is 4.72. The summed E-state index contributed by atoms with van der Waals surface area (Å²) in [5.41, 5.74) is 2.93. The van der Waals surface area contributed by atoms with Gasteiger partial charge in [0, 0.05) is 16.2 Å². The van der Waals surface area contributed by atoms with Gasteiger partial charge >= 0.3 is 5.97 Å². The van der Waals surface area contributed by atoms with Crippen LogP contribution in [0.1, 0.15) is 16.2 Å². The zero-order valence-corrected chi connectivity index (χ0v) is 12.1. The minimum Gasteiger partial charge on any atom is -0.477 e. The average molecular weight is 332 g/mol. The van der Waals surface area contributed by atoms with Crippen molar-refractivity contribution in [1.29, 1.82) is 0 Å². The number of imidazole rings is 1. The molecule has 100 valence electrons. The fourth-order valence-electron chi connectivity index (χ4n) is 2.20. The van der Waals surface area contributed by atoms with E-state index in [9.17, 15) is 9.90 Å². The highest BCUT2D eigenvalue weighted by molar-refractivity contribution is 9.10. The zero-order valence-electron chi connectivity index (χ0n) is 10.5. The van der Waals surface area contributed by atoms with Crippen molar-refractivity contribution >= 4 is 27.5 Å². The van der Waals surface area contributed by atoms with Crippen molar-refractivity contribution in [2.45, 2.75) is 6.92 Å². The summed E-state index contributed by atoms with van der Waals surface area (Å²) in [5, 5.41) is 9.26. The molecule has 0 aliphatic rings. The van der Waals surface area contributed by atoms with Crippen LogP contribution in [0.4, 0.5) is 0 Å². The van der Waals surface area contributed by atoms with Gasteiger partial charge in [-0.2, -0.15) is 0 Å². The van der Waals surface area contributed by atoms with Gasteiger partial charge in [-0.1, -0.05) is 28.1 Å². The predicted octanol–water partition coefficient (Wildman–Crippen LogP) is 3.17. The number of fused-ring (bicyclic) bond motifs is 1. The van der Waals surface area contributed by atoms with Gasteiger partial charge in [0.15, 0.2) is 5.69 Å². The SMILES string of the molecule is Cc1nc2c(-c3cccc(Br)c3)cncn2c1C(=O)O. The number of carboxylic acid groups (broad SMARTS) is 1. The lowest BCUT2D eigenvalue weighted by molar-refractivity contribution is 0.0688. The van der Waals surface area contributed by atoms with Gasteiger partial charge in [-0.3, -0.25) is 4.40 Å². The van der Waals surface area contributed by atoms with Crippen molar-refractivity contribution < 1.29 is 9.90 Å². The molecule has 3 aromatic rings. The summed E-state index contributed by atoms with van der Waals surface area (Å²) in [6.07, 6.45) is 3.16. The Kier molecular flexibility index (Phi) is 3.02. The lowest BCUT2D eigenvalue weighted by Crippen LogP contribution is -2.04. The zero-order chi connectivity index (χ0) is 14.3. The number of aromatic nitrogens is 3. The molecule has 1 aromatic carbocycles. The van der Waals surface area contributed by atoms with E-state index in [1.165, 1.54) is 10.7 Å². The fourth-order valence-corrected chi connectivity index (χ4v) is 2.60. The fraction of sp³-hybridized carbons (Fsp3) is 0.0714. The monoisotopic (exact) mass is 331 g/mol. The van der Waals surface area contributed by atoms with Crippen LogP contribution in [-0.4, -0.2) is 25.4 Å². The Morgan fingerprint density at radius 1 is 1.40 bits per heavy atom. The molecule has 0 aliphatic carbocycles. The predicted molar refractivity (Wildman–Crippen MR) is 77.8 cm³/mol. The molecule has 0 unspecified atom stereocenters. The number of hydrogen-bond acceptors (Lipinski definition) is 3. The van der Waals surface area contributed by atoms with Crippen molar-refractivity contribution in [2.75, 3.05) is 0 Å². The van der Waals surface area contributed by atoms with E-state index in [2.05, 4.69) is 25.9 Å². The Hall–Kier alpha value is -2.21. The first kappa shape index (κ1) is 12.8. The van der Waals surface area contributed by atoms with E-state index in [1.807, 2.05) is 24.3 Å². The van der Waals surface area contributed by atoms with Crippen molar-refractivity contribution in [3.05, 3.63) is 52.7 Å². The second-order valence-electron chi connectivity index (χ2n) is 4.36. The van der Waals surface area contributed by atoms with E-state index in [-0.39, 0.29) is 5.69 Å². The Morgan fingerprint density at radius 3 is 2.90 bits per heavy atom. The molecule has 0 spiro atoms. The topological polar surface area (TPSA) is 67.5 Å². The molecular formula is C14H10BrN3O2. The van der Waals surface area contributed by atoms with Crippen LogP contribution in [0.5, 0.6) is 0 Å². The average Bonchev–Trinajstić information content (AvgIpc) is 2.74. The van der Waals surface area contributed by atoms with E-state index in [0.717, 1.165) is 15.6 Å². The molecule has 0 atom stereocenters. The number of benzene rings is 1. The van der Waals surface area contributed by atoms with Gasteiger partial charge < -0.3 is 5.11 Å². The van der Waals surface area contributed by atoms with Crippen LogP contribution >= 0.6 is 15.9 Å². The van der Waals surface area contributed by atoms with Crippen LogP contribution in [-0.2, 0) is 0 Å². The summed E-state index contributed by atoms with van der Waals surface area (Å²) in [4.78, 5) is 19.8. The Balaban J connectivity index is 2.33. The van der Waals surface area contributed by atoms with Gasteiger partial charge in [0.25, 0.3) is 0 Å². The van der Waals surface area contributed by atoms with E-state index in [4.69, 9.17) is 0 Å². The van der Waals surface area contributed by atoms with Crippen LogP contribution in [0.15, 0.2) is 41.3 Å².